The molecule has 0 saturated heterocycles. The molecule has 3 atom stereocenters. The van der Waals surface area contributed by atoms with Crippen molar-refractivity contribution in [3.8, 4) is 0 Å². The van der Waals surface area contributed by atoms with E-state index in [0.29, 0.717) is 18.6 Å². The maximum absolute atomic E-state index is 9.92. The molecule has 3 heteroatoms. The Morgan fingerprint density at radius 3 is 2.43 bits per heavy atom. The Kier molecular flexibility index (Phi) is 4.18. The minimum Gasteiger partial charge on any atom is -0.414 e. The van der Waals surface area contributed by atoms with E-state index in [1.165, 1.54) is 32.1 Å². The zero-order chi connectivity index (χ0) is 17.1. The number of hydrogen-bond acceptors (Lipinski definition) is 2. The first kappa shape index (κ1) is 17.7. The summed E-state index contributed by atoms with van der Waals surface area (Å²) in [6.45, 7) is 14.6. The van der Waals surface area contributed by atoms with Crippen molar-refractivity contribution in [2.24, 2.45) is 16.7 Å². The fourth-order valence-electron chi connectivity index (χ4n) is 4.87. The minimum atomic E-state index is -1.72. The molecule has 2 saturated carbocycles. The van der Waals surface area contributed by atoms with Crippen LogP contribution in [0.25, 0.3) is 0 Å². The van der Waals surface area contributed by atoms with Crippen LogP contribution >= 0.6 is 0 Å². The highest BCUT2D eigenvalue weighted by Crippen LogP contribution is 2.65. The van der Waals surface area contributed by atoms with Crippen LogP contribution in [0, 0.1) is 16.7 Å². The van der Waals surface area contributed by atoms with Crippen LogP contribution in [0.15, 0.2) is 11.6 Å². The van der Waals surface area contributed by atoms with Gasteiger partial charge in [0, 0.05) is 11.5 Å². The lowest BCUT2D eigenvalue weighted by molar-refractivity contribution is 0.0127. The maximum Gasteiger partial charge on any atom is 0.192 e. The van der Waals surface area contributed by atoms with Gasteiger partial charge in [-0.05, 0) is 61.6 Å². The summed E-state index contributed by atoms with van der Waals surface area (Å²) >= 11 is 0. The zero-order valence-electron chi connectivity index (χ0n) is 16.0. The average molecular weight is 337 g/mol. The van der Waals surface area contributed by atoms with Crippen LogP contribution in [0.3, 0.4) is 0 Å². The van der Waals surface area contributed by atoms with Gasteiger partial charge in [0.2, 0.25) is 0 Å². The normalized spacial score (nSPS) is 36.6. The Morgan fingerprint density at radius 1 is 1.26 bits per heavy atom. The molecule has 0 aromatic heterocycles. The van der Waals surface area contributed by atoms with Crippen molar-refractivity contribution in [1.82, 2.24) is 0 Å². The predicted octanol–water partition coefficient (Wildman–Crippen LogP) is 5.29. The SMILES string of the molecule is CC12CCCC(O[Si](C)(C)C(C)(C)C)C1CC=C2C1(CO)CC1. The summed E-state index contributed by atoms with van der Waals surface area (Å²) in [4.78, 5) is 0. The summed E-state index contributed by atoms with van der Waals surface area (Å²) in [6, 6.07) is 0. The average Bonchev–Trinajstić information content (AvgIpc) is 3.13. The minimum absolute atomic E-state index is 0.141. The number of rotatable bonds is 4. The molecule has 132 valence electrons. The molecule has 0 radical (unpaired) electrons. The van der Waals surface area contributed by atoms with Gasteiger partial charge in [0.1, 0.15) is 0 Å². The summed E-state index contributed by atoms with van der Waals surface area (Å²) in [5, 5.41) is 10.2. The molecule has 1 N–H and O–H groups in total. The van der Waals surface area contributed by atoms with Crippen LogP contribution in [-0.2, 0) is 4.43 Å². The van der Waals surface area contributed by atoms with Gasteiger partial charge in [-0.3, -0.25) is 0 Å². The molecule has 0 heterocycles. The Hall–Kier alpha value is -0.123. The van der Waals surface area contributed by atoms with Gasteiger partial charge in [0.05, 0.1) is 6.61 Å². The summed E-state index contributed by atoms with van der Waals surface area (Å²) in [5.41, 5.74) is 1.99. The molecule has 3 unspecified atom stereocenters. The van der Waals surface area contributed by atoms with Crippen molar-refractivity contribution in [3.63, 3.8) is 0 Å². The number of allylic oxidation sites excluding steroid dienone is 1. The van der Waals surface area contributed by atoms with Gasteiger partial charge in [0.15, 0.2) is 8.32 Å². The van der Waals surface area contributed by atoms with Crippen LogP contribution in [0.5, 0.6) is 0 Å². The molecule has 3 aliphatic rings. The Bertz CT molecular complexity index is 498. The van der Waals surface area contributed by atoms with Gasteiger partial charge >= 0.3 is 0 Å². The first-order valence-corrected chi connectivity index (χ1v) is 12.5. The molecular formula is C20H36O2Si. The van der Waals surface area contributed by atoms with Gasteiger partial charge < -0.3 is 9.53 Å². The lowest BCUT2D eigenvalue weighted by atomic mass is 9.62. The Balaban J connectivity index is 1.80. The molecule has 0 spiro atoms. The van der Waals surface area contributed by atoms with Crippen molar-refractivity contribution in [2.45, 2.75) is 90.5 Å². The molecule has 0 bridgehead atoms. The second-order valence-electron chi connectivity index (χ2n) is 10.1. The number of aliphatic hydroxyl groups is 1. The lowest BCUT2D eigenvalue weighted by Crippen LogP contribution is -2.50. The highest BCUT2D eigenvalue weighted by Gasteiger charge is 2.58. The fraction of sp³-hybridized carbons (Fsp3) is 0.900. The van der Waals surface area contributed by atoms with E-state index in [0.717, 1.165) is 6.42 Å². The van der Waals surface area contributed by atoms with E-state index in [9.17, 15) is 5.11 Å². The first-order chi connectivity index (χ1) is 10.6. The Morgan fingerprint density at radius 2 is 1.91 bits per heavy atom. The largest absolute Gasteiger partial charge is 0.414 e. The van der Waals surface area contributed by atoms with Crippen molar-refractivity contribution in [1.29, 1.82) is 0 Å². The third-order valence-electron chi connectivity index (χ3n) is 7.62. The first-order valence-electron chi connectivity index (χ1n) is 9.56. The quantitative estimate of drug-likeness (QED) is 0.558. The smallest absolute Gasteiger partial charge is 0.192 e. The van der Waals surface area contributed by atoms with E-state index in [2.05, 4.69) is 46.9 Å². The molecule has 0 aromatic carbocycles. The zero-order valence-corrected chi connectivity index (χ0v) is 17.0. The monoisotopic (exact) mass is 336 g/mol. The van der Waals surface area contributed by atoms with Gasteiger partial charge in [0.25, 0.3) is 0 Å². The molecular weight excluding hydrogens is 300 g/mol. The van der Waals surface area contributed by atoms with Crippen molar-refractivity contribution in [2.75, 3.05) is 6.61 Å². The molecule has 0 amide bonds. The highest BCUT2D eigenvalue weighted by molar-refractivity contribution is 6.74. The molecule has 2 fully saturated rings. The van der Waals surface area contributed by atoms with E-state index in [1.54, 1.807) is 5.57 Å². The van der Waals surface area contributed by atoms with Crippen molar-refractivity contribution in [3.05, 3.63) is 11.6 Å². The molecule has 3 aliphatic carbocycles. The summed E-state index contributed by atoms with van der Waals surface area (Å²) in [6.07, 6.45) is 10.2. The molecule has 23 heavy (non-hydrogen) atoms. The second-order valence-corrected chi connectivity index (χ2v) is 14.9. The van der Waals surface area contributed by atoms with E-state index >= 15 is 0 Å². The highest BCUT2D eigenvalue weighted by atomic mass is 28.4. The van der Waals surface area contributed by atoms with Crippen LogP contribution < -0.4 is 0 Å². The van der Waals surface area contributed by atoms with E-state index in [-0.39, 0.29) is 15.9 Å². The van der Waals surface area contributed by atoms with E-state index in [4.69, 9.17) is 4.43 Å². The lowest BCUT2D eigenvalue weighted by Gasteiger charge is -2.49. The summed E-state index contributed by atoms with van der Waals surface area (Å²) < 4.78 is 6.88. The van der Waals surface area contributed by atoms with Crippen LogP contribution in [0.2, 0.25) is 18.1 Å². The third-order valence-corrected chi connectivity index (χ3v) is 12.1. The second kappa shape index (κ2) is 5.44. The molecule has 0 aromatic rings. The molecule has 0 aliphatic heterocycles. The topological polar surface area (TPSA) is 29.5 Å². The van der Waals surface area contributed by atoms with Crippen LogP contribution in [0.1, 0.15) is 66.2 Å². The number of hydrogen-bond donors (Lipinski definition) is 1. The predicted molar refractivity (Wildman–Crippen MR) is 99.0 cm³/mol. The van der Waals surface area contributed by atoms with Crippen LogP contribution in [0.4, 0.5) is 0 Å². The Labute approximate surface area is 143 Å². The van der Waals surface area contributed by atoms with Crippen molar-refractivity contribution < 1.29 is 9.53 Å². The van der Waals surface area contributed by atoms with E-state index < -0.39 is 8.32 Å². The molecule has 3 rings (SSSR count). The van der Waals surface area contributed by atoms with Gasteiger partial charge in [-0.1, -0.05) is 45.8 Å². The van der Waals surface area contributed by atoms with Gasteiger partial charge in [-0.25, -0.2) is 0 Å². The standard InChI is InChI=1S/C20H36O2Si/c1-18(2,3)23(5,6)22-16-8-7-11-19(4)15(16)9-10-17(19)20(14-21)12-13-20/h10,15-16,21H,7-9,11-14H2,1-6H3. The molecule has 2 nitrogen and oxygen atoms in total. The third kappa shape index (κ3) is 2.77. The van der Waals surface area contributed by atoms with Crippen molar-refractivity contribution >= 4 is 8.32 Å². The number of fused-ring (bicyclic) bond motifs is 1. The maximum atomic E-state index is 9.92. The van der Waals surface area contributed by atoms with Gasteiger partial charge in [-0.15, -0.1) is 0 Å². The summed E-state index contributed by atoms with van der Waals surface area (Å²) in [5.74, 6) is 0.629. The van der Waals surface area contributed by atoms with Crippen LogP contribution in [-0.4, -0.2) is 26.1 Å². The van der Waals surface area contributed by atoms with Gasteiger partial charge in [-0.2, -0.15) is 0 Å². The fourth-order valence-corrected chi connectivity index (χ4v) is 6.27. The van der Waals surface area contributed by atoms with E-state index in [1.807, 2.05) is 0 Å². The number of aliphatic hydroxyl groups excluding tert-OH is 1. The summed E-state index contributed by atoms with van der Waals surface area (Å²) in [7, 11) is -1.72.